The molecule has 0 aliphatic heterocycles. The molecule has 5 nitrogen and oxygen atoms in total. The van der Waals surface area contributed by atoms with Gasteiger partial charge in [0.15, 0.2) is 11.5 Å². The summed E-state index contributed by atoms with van der Waals surface area (Å²) in [5.41, 5.74) is 1.80. The van der Waals surface area contributed by atoms with Crippen LogP contribution in [0, 0.1) is 5.92 Å². The standard InChI is InChI=1S/C18H18N2O3S/c1-9-3-5-11-14(7-9)24-18-15(11)17(22)19-16(20-18)10-4-6-12(21)13(8-10)23-2/h4,6,8-9,21H,3,5,7H2,1-2H3,(H,19,20,22). The van der Waals surface area contributed by atoms with Gasteiger partial charge in [0.25, 0.3) is 5.56 Å². The van der Waals surface area contributed by atoms with Gasteiger partial charge in [-0.05, 0) is 48.9 Å². The Morgan fingerprint density at radius 3 is 3.04 bits per heavy atom. The Balaban J connectivity index is 1.88. The predicted molar refractivity (Wildman–Crippen MR) is 95.1 cm³/mol. The molecule has 3 aromatic rings. The van der Waals surface area contributed by atoms with Gasteiger partial charge in [-0.15, -0.1) is 11.3 Å². The molecule has 0 saturated carbocycles. The maximum Gasteiger partial charge on any atom is 0.260 e. The van der Waals surface area contributed by atoms with E-state index in [0.29, 0.717) is 23.1 Å². The highest BCUT2D eigenvalue weighted by Gasteiger charge is 2.23. The summed E-state index contributed by atoms with van der Waals surface area (Å²) in [5.74, 6) is 1.57. The van der Waals surface area contributed by atoms with Crippen molar-refractivity contribution in [1.82, 2.24) is 9.97 Å². The summed E-state index contributed by atoms with van der Waals surface area (Å²) in [6, 6.07) is 4.94. The fourth-order valence-corrected chi connectivity index (χ4v) is 4.69. The second-order valence-corrected chi connectivity index (χ2v) is 7.42. The minimum absolute atomic E-state index is 0.0604. The molecule has 1 aromatic carbocycles. The van der Waals surface area contributed by atoms with Crippen LogP contribution in [0.4, 0.5) is 0 Å². The van der Waals surface area contributed by atoms with Crippen molar-refractivity contribution in [3.8, 4) is 22.9 Å². The predicted octanol–water partition coefficient (Wildman–Crippen LogP) is 3.49. The van der Waals surface area contributed by atoms with Gasteiger partial charge in [0, 0.05) is 10.4 Å². The first-order valence-electron chi connectivity index (χ1n) is 7.98. The quantitative estimate of drug-likeness (QED) is 0.747. The number of benzene rings is 1. The minimum Gasteiger partial charge on any atom is -0.504 e. The zero-order valence-corrected chi connectivity index (χ0v) is 14.4. The normalized spacial score (nSPS) is 17.0. The smallest absolute Gasteiger partial charge is 0.260 e. The first kappa shape index (κ1) is 15.2. The van der Waals surface area contributed by atoms with E-state index >= 15 is 0 Å². The molecule has 124 valence electrons. The van der Waals surface area contributed by atoms with Crippen LogP contribution < -0.4 is 10.3 Å². The summed E-state index contributed by atoms with van der Waals surface area (Å²) in [6.07, 6.45) is 3.10. The number of fused-ring (bicyclic) bond motifs is 3. The minimum atomic E-state index is -0.0888. The molecule has 1 aliphatic rings. The largest absolute Gasteiger partial charge is 0.504 e. The van der Waals surface area contributed by atoms with Crippen LogP contribution in [0.2, 0.25) is 0 Å². The molecule has 0 radical (unpaired) electrons. The number of hydrogen-bond donors (Lipinski definition) is 2. The summed E-state index contributed by atoms with van der Waals surface area (Å²) >= 11 is 1.63. The lowest BCUT2D eigenvalue weighted by Gasteiger charge is -2.17. The van der Waals surface area contributed by atoms with Crippen molar-refractivity contribution in [2.24, 2.45) is 5.92 Å². The van der Waals surface area contributed by atoms with Crippen LogP contribution in [-0.4, -0.2) is 22.2 Å². The van der Waals surface area contributed by atoms with Gasteiger partial charge in [-0.2, -0.15) is 0 Å². The van der Waals surface area contributed by atoms with Gasteiger partial charge < -0.3 is 14.8 Å². The summed E-state index contributed by atoms with van der Waals surface area (Å²) in [5, 5.41) is 10.5. The highest BCUT2D eigenvalue weighted by molar-refractivity contribution is 7.18. The summed E-state index contributed by atoms with van der Waals surface area (Å²) < 4.78 is 5.14. The van der Waals surface area contributed by atoms with Gasteiger partial charge in [-0.25, -0.2) is 4.98 Å². The van der Waals surface area contributed by atoms with Crippen LogP contribution in [0.15, 0.2) is 23.0 Å². The molecule has 4 rings (SSSR count). The lowest BCUT2D eigenvalue weighted by molar-refractivity contribution is 0.373. The number of aromatic amines is 1. The fourth-order valence-electron chi connectivity index (χ4n) is 3.31. The van der Waals surface area contributed by atoms with Crippen molar-refractivity contribution < 1.29 is 9.84 Å². The number of thiophene rings is 1. The maximum atomic E-state index is 12.6. The molecule has 1 atom stereocenters. The number of phenolic OH excluding ortho intramolecular Hbond substituents is 1. The zero-order chi connectivity index (χ0) is 16.8. The molecule has 1 aliphatic carbocycles. The van der Waals surface area contributed by atoms with E-state index in [2.05, 4.69) is 16.9 Å². The van der Waals surface area contributed by atoms with Crippen LogP contribution in [0.1, 0.15) is 23.8 Å². The van der Waals surface area contributed by atoms with Crippen molar-refractivity contribution in [3.63, 3.8) is 0 Å². The molecule has 6 heteroatoms. The number of aromatic nitrogens is 2. The Bertz CT molecular complexity index is 990. The van der Waals surface area contributed by atoms with Gasteiger partial charge in [0.05, 0.1) is 12.5 Å². The molecular formula is C18H18N2O3S. The Kier molecular flexibility index (Phi) is 3.57. The SMILES string of the molecule is COc1cc(-c2nc3sc4c(c3c(=O)[nH]2)CCC(C)C4)ccc1O. The molecule has 2 aromatic heterocycles. The van der Waals surface area contributed by atoms with E-state index in [1.165, 1.54) is 17.6 Å². The monoisotopic (exact) mass is 342 g/mol. The lowest BCUT2D eigenvalue weighted by atomic mass is 9.89. The van der Waals surface area contributed by atoms with Crippen LogP contribution in [0.3, 0.4) is 0 Å². The number of aromatic hydroxyl groups is 1. The van der Waals surface area contributed by atoms with Crippen molar-refractivity contribution in [1.29, 1.82) is 0 Å². The third-order valence-corrected chi connectivity index (χ3v) is 5.77. The second kappa shape index (κ2) is 5.63. The zero-order valence-electron chi connectivity index (χ0n) is 13.5. The third kappa shape index (κ3) is 2.38. The lowest BCUT2D eigenvalue weighted by Crippen LogP contribution is -2.13. The Morgan fingerprint density at radius 2 is 2.25 bits per heavy atom. The van der Waals surface area contributed by atoms with Gasteiger partial charge >= 0.3 is 0 Å². The van der Waals surface area contributed by atoms with Crippen molar-refractivity contribution >= 4 is 21.6 Å². The Hall–Kier alpha value is -2.34. The molecule has 24 heavy (non-hydrogen) atoms. The van der Waals surface area contributed by atoms with Crippen LogP contribution >= 0.6 is 11.3 Å². The number of aryl methyl sites for hydroxylation is 1. The van der Waals surface area contributed by atoms with Gasteiger partial charge in [-0.3, -0.25) is 4.79 Å². The Morgan fingerprint density at radius 1 is 1.42 bits per heavy atom. The van der Waals surface area contributed by atoms with E-state index in [-0.39, 0.29) is 11.3 Å². The second-order valence-electron chi connectivity index (χ2n) is 6.33. The maximum absolute atomic E-state index is 12.6. The van der Waals surface area contributed by atoms with Crippen LogP contribution in [0.5, 0.6) is 11.5 Å². The first-order valence-corrected chi connectivity index (χ1v) is 8.80. The average Bonchev–Trinajstić information content (AvgIpc) is 2.92. The molecule has 2 heterocycles. The van der Waals surface area contributed by atoms with E-state index in [0.717, 1.165) is 29.5 Å². The fraction of sp³-hybridized carbons (Fsp3) is 0.333. The van der Waals surface area contributed by atoms with Crippen molar-refractivity contribution in [2.75, 3.05) is 7.11 Å². The number of ether oxygens (including phenoxy) is 1. The first-order chi connectivity index (χ1) is 11.6. The molecular weight excluding hydrogens is 324 g/mol. The van der Waals surface area contributed by atoms with E-state index in [4.69, 9.17) is 4.74 Å². The summed E-state index contributed by atoms with van der Waals surface area (Å²) in [7, 11) is 1.49. The molecule has 0 bridgehead atoms. The van der Waals surface area contributed by atoms with E-state index in [9.17, 15) is 9.90 Å². The molecule has 0 fully saturated rings. The number of nitrogens with one attached hydrogen (secondary N) is 1. The summed E-state index contributed by atoms with van der Waals surface area (Å²) in [4.78, 5) is 22.3. The van der Waals surface area contributed by atoms with Crippen molar-refractivity contribution in [3.05, 3.63) is 39.0 Å². The molecule has 1 unspecified atom stereocenters. The van der Waals surface area contributed by atoms with Crippen LogP contribution in [-0.2, 0) is 12.8 Å². The van der Waals surface area contributed by atoms with Crippen molar-refractivity contribution in [2.45, 2.75) is 26.2 Å². The third-order valence-electron chi connectivity index (χ3n) is 4.62. The number of H-pyrrole nitrogens is 1. The molecule has 0 spiro atoms. The highest BCUT2D eigenvalue weighted by Crippen LogP contribution is 2.36. The topological polar surface area (TPSA) is 75.2 Å². The average molecular weight is 342 g/mol. The molecule has 2 N–H and O–H groups in total. The van der Waals surface area contributed by atoms with E-state index < -0.39 is 0 Å². The number of nitrogens with zero attached hydrogens (tertiary/aromatic N) is 1. The van der Waals surface area contributed by atoms with Gasteiger partial charge in [-0.1, -0.05) is 6.92 Å². The highest BCUT2D eigenvalue weighted by atomic mass is 32.1. The molecule has 0 amide bonds. The number of rotatable bonds is 2. The van der Waals surface area contributed by atoms with Crippen LogP contribution in [0.25, 0.3) is 21.6 Å². The van der Waals surface area contributed by atoms with Gasteiger partial charge in [0.1, 0.15) is 10.7 Å². The number of hydrogen-bond acceptors (Lipinski definition) is 5. The van der Waals surface area contributed by atoms with E-state index in [1.807, 2.05) is 0 Å². The number of phenols is 1. The molecule has 0 saturated heterocycles. The number of methoxy groups -OCH3 is 1. The Labute approximate surface area is 143 Å². The van der Waals surface area contributed by atoms with Gasteiger partial charge in [0.2, 0.25) is 0 Å². The summed E-state index contributed by atoms with van der Waals surface area (Å²) in [6.45, 7) is 2.25. The van der Waals surface area contributed by atoms with E-state index in [1.54, 1.807) is 29.5 Å².